The lowest BCUT2D eigenvalue weighted by Gasteiger charge is -2.05. The summed E-state index contributed by atoms with van der Waals surface area (Å²) in [7, 11) is 0. The highest BCUT2D eigenvalue weighted by atomic mass is 127. The van der Waals surface area contributed by atoms with Crippen molar-refractivity contribution in [3.05, 3.63) is 38.3 Å². The molecule has 0 radical (unpaired) electrons. The van der Waals surface area contributed by atoms with Gasteiger partial charge in [0, 0.05) is 15.0 Å². The predicted octanol–water partition coefficient (Wildman–Crippen LogP) is 4.15. The molecular weight excluding hydrogens is 317 g/mol. The van der Waals surface area contributed by atoms with Gasteiger partial charge in [-0.2, -0.15) is 0 Å². The molecule has 0 unspecified atom stereocenters. The van der Waals surface area contributed by atoms with E-state index in [1.54, 1.807) is 0 Å². The van der Waals surface area contributed by atoms with Crippen molar-refractivity contribution in [3.8, 4) is 5.75 Å². The summed E-state index contributed by atoms with van der Waals surface area (Å²) in [5.41, 5.74) is 8.07. The van der Waals surface area contributed by atoms with E-state index < -0.39 is 0 Å². The average Bonchev–Trinajstić information content (AvgIpc) is 2.30. The summed E-state index contributed by atoms with van der Waals surface area (Å²) < 4.78 is 6.77. The van der Waals surface area contributed by atoms with Crippen LogP contribution < -0.4 is 4.74 Å². The molecule has 0 aliphatic rings. The van der Waals surface area contributed by atoms with Crippen LogP contribution in [0.1, 0.15) is 19.3 Å². The molecule has 16 heavy (non-hydrogen) atoms. The Morgan fingerprint density at radius 1 is 1.19 bits per heavy atom. The average molecular weight is 331 g/mol. The molecule has 0 aliphatic carbocycles. The van der Waals surface area contributed by atoms with Crippen LogP contribution in [0.15, 0.2) is 29.4 Å². The molecule has 0 bridgehead atoms. The van der Waals surface area contributed by atoms with Crippen LogP contribution in [0.3, 0.4) is 0 Å². The number of hydrogen-bond donors (Lipinski definition) is 0. The first-order valence-electron chi connectivity index (χ1n) is 5.22. The Labute approximate surface area is 109 Å². The molecule has 0 amide bonds. The van der Waals surface area contributed by atoms with Crippen molar-refractivity contribution in [1.29, 1.82) is 0 Å². The molecule has 4 nitrogen and oxygen atoms in total. The number of azide groups is 1. The van der Waals surface area contributed by atoms with Gasteiger partial charge in [0.2, 0.25) is 0 Å². The topological polar surface area (TPSA) is 58.0 Å². The summed E-state index contributed by atoms with van der Waals surface area (Å²) in [6, 6.07) is 8.00. The van der Waals surface area contributed by atoms with Gasteiger partial charge < -0.3 is 4.74 Å². The predicted molar refractivity (Wildman–Crippen MR) is 72.5 cm³/mol. The minimum atomic E-state index is 0.583. The third-order valence-corrected chi connectivity index (χ3v) is 2.77. The summed E-state index contributed by atoms with van der Waals surface area (Å²) in [6.45, 7) is 1.30. The van der Waals surface area contributed by atoms with Gasteiger partial charge in [-0.05, 0) is 71.6 Å². The first-order chi connectivity index (χ1) is 7.83. The van der Waals surface area contributed by atoms with Crippen molar-refractivity contribution in [2.45, 2.75) is 19.3 Å². The van der Waals surface area contributed by atoms with E-state index >= 15 is 0 Å². The number of rotatable bonds is 7. The van der Waals surface area contributed by atoms with E-state index in [-0.39, 0.29) is 0 Å². The molecule has 0 spiro atoms. The second kappa shape index (κ2) is 8.24. The molecule has 0 saturated carbocycles. The van der Waals surface area contributed by atoms with Crippen LogP contribution in [-0.4, -0.2) is 13.2 Å². The van der Waals surface area contributed by atoms with Crippen molar-refractivity contribution >= 4 is 22.6 Å². The molecule has 0 heterocycles. The van der Waals surface area contributed by atoms with E-state index in [0.717, 1.165) is 31.6 Å². The quantitative estimate of drug-likeness (QED) is 0.243. The number of halogens is 1. The fourth-order valence-corrected chi connectivity index (χ4v) is 1.59. The van der Waals surface area contributed by atoms with Crippen LogP contribution in [0, 0.1) is 3.57 Å². The highest BCUT2D eigenvalue weighted by Crippen LogP contribution is 2.13. The number of ether oxygens (including phenoxy) is 1. The van der Waals surface area contributed by atoms with Crippen LogP contribution in [0.25, 0.3) is 10.4 Å². The zero-order chi connectivity index (χ0) is 11.6. The molecule has 86 valence electrons. The molecule has 0 N–H and O–H groups in total. The van der Waals surface area contributed by atoms with Crippen molar-refractivity contribution in [1.82, 2.24) is 0 Å². The molecular formula is C11H14IN3O. The largest absolute Gasteiger partial charge is 0.494 e. The van der Waals surface area contributed by atoms with Gasteiger partial charge in [-0.3, -0.25) is 0 Å². The smallest absolute Gasteiger partial charge is 0.119 e. The Bertz CT molecular complexity index is 347. The third kappa shape index (κ3) is 5.82. The Morgan fingerprint density at radius 2 is 1.94 bits per heavy atom. The molecule has 1 aromatic carbocycles. The number of hydrogen-bond acceptors (Lipinski definition) is 2. The first kappa shape index (κ1) is 13.1. The fourth-order valence-electron chi connectivity index (χ4n) is 1.23. The summed E-state index contributed by atoms with van der Waals surface area (Å²) in [5, 5.41) is 3.48. The van der Waals surface area contributed by atoms with Gasteiger partial charge in [0.15, 0.2) is 0 Å². The minimum Gasteiger partial charge on any atom is -0.494 e. The SMILES string of the molecule is [N-]=[N+]=NCCCCCOc1ccc(I)cc1. The maximum atomic E-state index is 8.07. The molecule has 5 heteroatoms. The Morgan fingerprint density at radius 3 is 2.62 bits per heavy atom. The molecule has 1 aromatic rings. The zero-order valence-electron chi connectivity index (χ0n) is 8.97. The summed E-state index contributed by atoms with van der Waals surface area (Å²) in [5.74, 6) is 0.912. The zero-order valence-corrected chi connectivity index (χ0v) is 11.1. The van der Waals surface area contributed by atoms with E-state index in [2.05, 4.69) is 32.6 Å². The van der Waals surface area contributed by atoms with Crippen molar-refractivity contribution in [3.63, 3.8) is 0 Å². The lowest BCUT2D eigenvalue weighted by molar-refractivity contribution is 0.305. The van der Waals surface area contributed by atoms with Gasteiger partial charge in [-0.1, -0.05) is 5.11 Å². The van der Waals surface area contributed by atoms with E-state index in [1.807, 2.05) is 24.3 Å². The maximum Gasteiger partial charge on any atom is 0.119 e. The standard InChI is InChI=1S/C11H14IN3O/c12-10-4-6-11(7-5-10)16-9-3-1-2-8-14-15-13/h4-7H,1-3,8-9H2. The normalized spacial score (nSPS) is 9.56. The molecule has 0 fully saturated rings. The first-order valence-corrected chi connectivity index (χ1v) is 6.30. The lowest BCUT2D eigenvalue weighted by atomic mass is 10.2. The van der Waals surface area contributed by atoms with Crippen molar-refractivity contribution in [2.75, 3.05) is 13.2 Å². The van der Waals surface area contributed by atoms with Crippen LogP contribution in [0.5, 0.6) is 5.75 Å². The van der Waals surface area contributed by atoms with Gasteiger partial charge in [0.25, 0.3) is 0 Å². The van der Waals surface area contributed by atoms with E-state index in [4.69, 9.17) is 10.3 Å². The number of benzene rings is 1. The molecule has 0 atom stereocenters. The Kier molecular flexibility index (Phi) is 6.76. The van der Waals surface area contributed by atoms with Gasteiger partial charge in [0.1, 0.15) is 5.75 Å². The Balaban J connectivity index is 2.07. The molecule has 0 aromatic heterocycles. The highest BCUT2D eigenvalue weighted by Gasteiger charge is 1.93. The monoisotopic (exact) mass is 331 g/mol. The molecule has 0 aliphatic heterocycles. The second-order valence-electron chi connectivity index (χ2n) is 3.32. The van der Waals surface area contributed by atoms with E-state index in [9.17, 15) is 0 Å². The molecule has 0 saturated heterocycles. The van der Waals surface area contributed by atoms with Gasteiger partial charge >= 0.3 is 0 Å². The van der Waals surface area contributed by atoms with Gasteiger partial charge in [-0.25, -0.2) is 0 Å². The van der Waals surface area contributed by atoms with Gasteiger partial charge in [0.05, 0.1) is 6.61 Å². The van der Waals surface area contributed by atoms with Crippen LogP contribution in [0.2, 0.25) is 0 Å². The lowest BCUT2D eigenvalue weighted by Crippen LogP contribution is -1.97. The van der Waals surface area contributed by atoms with Crippen LogP contribution in [-0.2, 0) is 0 Å². The maximum absolute atomic E-state index is 8.07. The Hall–Kier alpha value is -0.940. The van der Waals surface area contributed by atoms with Gasteiger partial charge in [-0.15, -0.1) is 0 Å². The summed E-state index contributed by atoms with van der Waals surface area (Å²) in [6.07, 6.45) is 2.95. The summed E-state index contributed by atoms with van der Waals surface area (Å²) >= 11 is 2.27. The molecule has 1 rings (SSSR count). The van der Waals surface area contributed by atoms with Crippen molar-refractivity contribution < 1.29 is 4.74 Å². The highest BCUT2D eigenvalue weighted by molar-refractivity contribution is 14.1. The fraction of sp³-hybridized carbons (Fsp3) is 0.455. The van der Waals surface area contributed by atoms with Crippen molar-refractivity contribution in [2.24, 2.45) is 5.11 Å². The number of nitrogens with zero attached hydrogens (tertiary/aromatic N) is 3. The van der Waals surface area contributed by atoms with E-state index in [1.165, 1.54) is 3.57 Å². The third-order valence-electron chi connectivity index (χ3n) is 2.05. The second-order valence-corrected chi connectivity index (χ2v) is 4.56. The summed E-state index contributed by atoms with van der Waals surface area (Å²) in [4.78, 5) is 2.70. The van der Waals surface area contributed by atoms with Crippen LogP contribution >= 0.6 is 22.6 Å². The number of unbranched alkanes of at least 4 members (excludes halogenated alkanes) is 2. The van der Waals surface area contributed by atoms with E-state index in [0.29, 0.717) is 6.54 Å². The minimum absolute atomic E-state index is 0.583. The van der Waals surface area contributed by atoms with Crippen LogP contribution in [0.4, 0.5) is 0 Å².